The Hall–Kier alpha value is -0.480. The van der Waals surface area contributed by atoms with Crippen LogP contribution in [0.4, 0.5) is 0 Å². The Morgan fingerprint density at radius 3 is 2.60 bits per heavy atom. The van der Waals surface area contributed by atoms with Gasteiger partial charge in [-0.3, -0.25) is 0 Å². The SMILES string of the molecule is CCCCC#CC[C@H](C)O. The predicted octanol–water partition coefficient (Wildman–Crippen LogP) is 1.95. The van der Waals surface area contributed by atoms with Crippen LogP contribution in [0.3, 0.4) is 0 Å². The molecule has 0 saturated heterocycles. The molecule has 0 aromatic carbocycles. The Labute approximate surface area is 63.5 Å². The van der Waals surface area contributed by atoms with Crippen molar-refractivity contribution in [3.8, 4) is 11.8 Å². The molecule has 58 valence electrons. The minimum Gasteiger partial charge on any atom is -0.392 e. The molecule has 1 atom stereocenters. The Morgan fingerprint density at radius 1 is 1.40 bits per heavy atom. The van der Waals surface area contributed by atoms with E-state index in [4.69, 9.17) is 5.11 Å². The van der Waals surface area contributed by atoms with Crippen molar-refractivity contribution in [3.05, 3.63) is 0 Å². The molecule has 0 amide bonds. The lowest BCUT2D eigenvalue weighted by atomic mass is 10.2. The number of hydrogen-bond acceptors (Lipinski definition) is 1. The standard InChI is InChI=1S/C9H16O/c1-3-4-5-6-7-8-9(2)10/h9-10H,3-5,8H2,1-2H3/t9-/m0/s1. The first-order valence-electron chi connectivity index (χ1n) is 3.91. The monoisotopic (exact) mass is 140 g/mol. The highest BCUT2D eigenvalue weighted by molar-refractivity contribution is 4.99. The maximum atomic E-state index is 8.81. The van der Waals surface area contributed by atoms with Crippen molar-refractivity contribution in [1.82, 2.24) is 0 Å². The van der Waals surface area contributed by atoms with E-state index in [-0.39, 0.29) is 6.10 Å². The van der Waals surface area contributed by atoms with E-state index in [1.54, 1.807) is 6.92 Å². The van der Waals surface area contributed by atoms with Crippen LogP contribution >= 0.6 is 0 Å². The van der Waals surface area contributed by atoms with Crippen LogP contribution < -0.4 is 0 Å². The summed E-state index contributed by atoms with van der Waals surface area (Å²) in [5, 5.41) is 8.81. The first kappa shape index (κ1) is 9.52. The molecule has 0 radical (unpaired) electrons. The lowest BCUT2D eigenvalue weighted by molar-refractivity contribution is 0.201. The fourth-order valence-corrected chi connectivity index (χ4v) is 0.573. The molecule has 0 fully saturated rings. The van der Waals surface area contributed by atoms with Gasteiger partial charge in [0.2, 0.25) is 0 Å². The Bertz CT molecular complexity index is 116. The minimum absolute atomic E-state index is 0.269. The summed E-state index contributed by atoms with van der Waals surface area (Å²) in [6.45, 7) is 3.91. The van der Waals surface area contributed by atoms with E-state index < -0.39 is 0 Å². The number of unbranched alkanes of at least 4 members (excludes halogenated alkanes) is 2. The molecular formula is C9H16O. The molecular weight excluding hydrogens is 124 g/mol. The second-order valence-corrected chi connectivity index (χ2v) is 2.51. The van der Waals surface area contributed by atoms with E-state index in [1.807, 2.05) is 0 Å². The van der Waals surface area contributed by atoms with Crippen molar-refractivity contribution in [3.63, 3.8) is 0 Å². The summed E-state index contributed by atoms with van der Waals surface area (Å²) in [5.74, 6) is 5.93. The van der Waals surface area contributed by atoms with E-state index in [0.29, 0.717) is 6.42 Å². The highest BCUT2D eigenvalue weighted by atomic mass is 16.3. The molecule has 0 spiro atoms. The third kappa shape index (κ3) is 7.52. The van der Waals surface area contributed by atoms with E-state index in [1.165, 1.54) is 12.8 Å². The zero-order chi connectivity index (χ0) is 7.82. The van der Waals surface area contributed by atoms with Crippen molar-refractivity contribution in [1.29, 1.82) is 0 Å². The summed E-state index contributed by atoms with van der Waals surface area (Å²) < 4.78 is 0. The summed E-state index contributed by atoms with van der Waals surface area (Å²) >= 11 is 0. The Balaban J connectivity index is 3.14. The highest BCUT2D eigenvalue weighted by Crippen LogP contribution is 1.91. The largest absolute Gasteiger partial charge is 0.392 e. The zero-order valence-electron chi connectivity index (χ0n) is 6.85. The molecule has 0 heterocycles. The number of hydrogen-bond donors (Lipinski definition) is 1. The predicted molar refractivity (Wildman–Crippen MR) is 43.6 cm³/mol. The van der Waals surface area contributed by atoms with Crippen LogP contribution in [-0.4, -0.2) is 11.2 Å². The molecule has 0 bridgehead atoms. The fraction of sp³-hybridized carbons (Fsp3) is 0.778. The molecule has 0 aromatic rings. The average molecular weight is 140 g/mol. The number of aliphatic hydroxyl groups excluding tert-OH is 1. The van der Waals surface area contributed by atoms with Gasteiger partial charge in [0.25, 0.3) is 0 Å². The molecule has 0 aromatic heterocycles. The van der Waals surface area contributed by atoms with Gasteiger partial charge in [0, 0.05) is 12.8 Å². The van der Waals surface area contributed by atoms with Crippen molar-refractivity contribution in [2.75, 3.05) is 0 Å². The molecule has 0 unspecified atom stereocenters. The number of aliphatic hydroxyl groups is 1. The lowest BCUT2D eigenvalue weighted by Crippen LogP contribution is -1.95. The fourth-order valence-electron chi connectivity index (χ4n) is 0.573. The normalized spacial score (nSPS) is 11.9. The van der Waals surface area contributed by atoms with Gasteiger partial charge in [-0.05, 0) is 13.3 Å². The van der Waals surface area contributed by atoms with Gasteiger partial charge < -0.3 is 5.11 Å². The summed E-state index contributed by atoms with van der Waals surface area (Å²) in [6, 6.07) is 0. The Morgan fingerprint density at radius 2 is 2.10 bits per heavy atom. The highest BCUT2D eigenvalue weighted by Gasteiger charge is 1.86. The van der Waals surface area contributed by atoms with Gasteiger partial charge in [-0.25, -0.2) is 0 Å². The quantitative estimate of drug-likeness (QED) is 0.469. The van der Waals surface area contributed by atoms with Gasteiger partial charge in [0.1, 0.15) is 0 Å². The van der Waals surface area contributed by atoms with Gasteiger partial charge in [0.15, 0.2) is 0 Å². The second kappa shape index (κ2) is 6.64. The van der Waals surface area contributed by atoms with Crippen LogP contribution in [0.5, 0.6) is 0 Å². The molecule has 1 N–H and O–H groups in total. The maximum absolute atomic E-state index is 8.81. The van der Waals surface area contributed by atoms with Gasteiger partial charge in [-0.2, -0.15) is 0 Å². The molecule has 0 aliphatic rings. The van der Waals surface area contributed by atoms with Gasteiger partial charge in [-0.1, -0.05) is 13.3 Å². The van der Waals surface area contributed by atoms with Crippen molar-refractivity contribution in [2.24, 2.45) is 0 Å². The maximum Gasteiger partial charge on any atom is 0.0621 e. The summed E-state index contributed by atoms with van der Waals surface area (Å²) in [5.41, 5.74) is 0. The molecule has 0 aliphatic heterocycles. The lowest BCUT2D eigenvalue weighted by Gasteiger charge is -1.92. The summed E-state index contributed by atoms with van der Waals surface area (Å²) in [4.78, 5) is 0. The molecule has 0 saturated carbocycles. The van der Waals surface area contributed by atoms with Crippen LogP contribution in [0.15, 0.2) is 0 Å². The van der Waals surface area contributed by atoms with Crippen LogP contribution in [0.25, 0.3) is 0 Å². The third-order valence-corrected chi connectivity index (χ3v) is 1.18. The van der Waals surface area contributed by atoms with E-state index in [0.717, 1.165) is 6.42 Å². The zero-order valence-corrected chi connectivity index (χ0v) is 6.85. The van der Waals surface area contributed by atoms with Gasteiger partial charge >= 0.3 is 0 Å². The van der Waals surface area contributed by atoms with Gasteiger partial charge in [-0.15, -0.1) is 11.8 Å². The summed E-state index contributed by atoms with van der Waals surface area (Å²) in [7, 11) is 0. The topological polar surface area (TPSA) is 20.2 Å². The van der Waals surface area contributed by atoms with E-state index >= 15 is 0 Å². The first-order chi connectivity index (χ1) is 4.77. The first-order valence-corrected chi connectivity index (χ1v) is 3.91. The van der Waals surface area contributed by atoms with Crippen LogP contribution in [0.2, 0.25) is 0 Å². The van der Waals surface area contributed by atoms with E-state index in [2.05, 4.69) is 18.8 Å². The second-order valence-electron chi connectivity index (χ2n) is 2.51. The molecule has 1 heteroatoms. The van der Waals surface area contributed by atoms with Crippen LogP contribution in [0.1, 0.15) is 39.5 Å². The molecule has 1 nitrogen and oxygen atoms in total. The third-order valence-electron chi connectivity index (χ3n) is 1.18. The van der Waals surface area contributed by atoms with E-state index in [9.17, 15) is 0 Å². The minimum atomic E-state index is -0.269. The molecule has 10 heavy (non-hydrogen) atoms. The van der Waals surface area contributed by atoms with Crippen molar-refractivity contribution in [2.45, 2.75) is 45.6 Å². The Kier molecular flexibility index (Phi) is 6.32. The smallest absolute Gasteiger partial charge is 0.0621 e. The number of rotatable bonds is 3. The average Bonchev–Trinajstić information content (AvgIpc) is 1.87. The molecule has 0 aliphatic carbocycles. The summed E-state index contributed by atoms with van der Waals surface area (Å²) in [6.07, 6.45) is 3.69. The van der Waals surface area contributed by atoms with Gasteiger partial charge in [0.05, 0.1) is 6.10 Å². The van der Waals surface area contributed by atoms with Crippen LogP contribution in [-0.2, 0) is 0 Å². The molecule has 0 rings (SSSR count). The van der Waals surface area contributed by atoms with Crippen molar-refractivity contribution >= 4 is 0 Å². The van der Waals surface area contributed by atoms with Crippen LogP contribution in [0, 0.1) is 11.8 Å². The van der Waals surface area contributed by atoms with Crippen molar-refractivity contribution < 1.29 is 5.11 Å².